The van der Waals surface area contributed by atoms with E-state index in [0.717, 1.165) is 25.2 Å². The van der Waals surface area contributed by atoms with Crippen LogP contribution < -0.4 is 10.6 Å². The summed E-state index contributed by atoms with van der Waals surface area (Å²) in [7, 11) is 1.82. The zero-order valence-corrected chi connectivity index (χ0v) is 9.08. The molecule has 0 radical (unpaired) electrons. The molecule has 0 aliphatic carbocycles. The Morgan fingerprint density at radius 3 is 3.07 bits per heavy atom. The lowest BCUT2D eigenvalue weighted by atomic mass is 10.2. The number of nitrogens with one attached hydrogen (secondary N) is 2. The van der Waals surface area contributed by atoms with Crippen LogP contribution in [0.1, 0.15) is 22.5 Å². The highest BCUT2D eigenvalue weighted by Gasteiger charge is 2.19. The number of aryl methyl sites for hydroxylation is 2. The number of carbonyl (C=O) groups is 1. The maximum atomic E-state index is 11.8. The first-order valence-electron chi connectivity index (χ1n) is 5.18. The van der Waals surface area contributed by atoms with Crippen molar-refractivity contribution in [3.8, 4) is 0 Å². The zero-order valence-electron chi connectivity index (χ0n) is 9.08. The van der Waals surface area contributed by atoms with Gasteiger partial charge in [-0.05, 0) is 19.9 Å². The fourth-order valence-corrected chi connectivity index (χ4v) is 1.86. The summed E-state index contributed by atoms with van der Waals surface area (Å²) < 4.78 is 1.66. The molecule has 0 unspecified atom stereocenters. The quantitative estimate of drug-likeness (QED) is 0.709. The minimum absolute atomic E-state index is 0.0192. The van der Waals surface area contributed by atoms with Crippen molar-refractivity contribution >= 4 is 5.91 Å². The van der Waals surface area contributed by atoms with Crippen molar-refractivity contribution in [2.45, 2.75) is 19.4 Å². The van der Waals surface area contributed by atoms with Gasteiger partial charge in [0.2, 0.25) is 0 Å². The predicted molar refractivity (Wildman–Crippen MR) is 56.7 cm³/mol. The fourth-order valence-electron chi connectivity index (χ4n) is 1.86. The van der Waals surface area contributed by atoms with Gasteiger partial charge < -0.3 is 10.6 Å². The average molecular weight is 208 g/mol. The van der Waals surface area contributed by atoms with Gasteiger partial charge in [-0.1, -0.05) is 0 Å². The molecular weight excluding hydrogens is 192 g/mol. The second-order valence-corrected chi connectivity index (χ2v) is 3.97. The van der Waals surface area contributed by atoms with Crippen molar-refractivity contribution < 1.29 is 4.79 Å². The Balaban J connectivity index is 2.03. The third-order valence-corrected chi connectivity index (χ3v) is 2.65. The van der Waals surface area contributed by atoms with Gasteiger partial charge in [-0.3, -0.25) is 9.48 Å². The Hall–Kier alpha value is -1.36. The van der Waals surface area contributed by atoms with Crippen LogP contribution in [-0.4, -0.2) is 34.8 Å². The summed E-state index contributed by atoms with van der Waals surface area (Å²) in [6.07, 6.45) is 2.76. The van der Waals surface area contributed by atoms with Crippen molar-refractivity contribution in [1.82, 2.24) is 20.4 Å². The van der Waals surface area contributed by atoms with Crippen LogP contribution in [0.2, 0.25) is 0 Å². The fraction of sp³-hybridized carbons (Fsp3) is 0.600. The summed E-state index contributed by atoms with van der Waals surface area (Å²) in [4.78, 5) is 11.8. The number of carbonyl (C=O) groups excluding carboxylic acids is 1. The van der Waals surface area contributed by atoms with E-state index in [2.05, 4.69) is 15.7 Å². The Bertz CT molecular complexity index is 365. The Morgan fingerprint density at radius 2 is 2.53 bits per heavy atom. The lowest BCUT2D eigenvalue weighted by Crippen LogP contribution is -2.36. The van der Waals surface area contributed by atoms with E-state index in [9.17, 15) is 4.79 Å². The van der Waals surface area contributed by atoms with Gasteiger partial charge in [0, 0.05) is 25.8 Å². The van der Waals surface area contributed by atoms with Gasteiger partial charge in [0.15, 0.2) is 0 Å². The number of hydrogen-bond acceptors (Lipinski definition) is 3. The van der Waals surface area contributed by atoms with Crippen molar-refractivity contribution in [3.63, 3.8) is 0 Å². The molecule has 1 atom stereocenters. The zero-order chi connectivity index (χ0) is 10.8. The monoisotopic (exact) mass is 208 g/mol. The normalized spacial score (nSPS) is 20.5. The molecular formula is C10H16N4O. The molecule has 0 saturated carbocycles. The summed E-state index contributed by atoms with van der Waals surface area (Å²) in [5, 5.41) is 10.4. The molecule has 2 N–H and O–H groups in total. The summed E-state index contributed by atoms with van der Waals surface area (Å²) in [5.74, 6) is -0.0192. The number of nitrogens with zero attached hydrogens (tertiary/aromatic N) is 2. The molecule has 1 fully saturated rings. The number of rotatable bonds is 2. The van der Waals surface area contributed by atoms with Gasteiger partial charge in [0.1, 0.15) is 0 Å². The van der Waals surface area contributed by atoms with Gasteiger partial charge in [-0.2, -0.15) is 5.10 Å². The summed E-state index contributed by atoms with van der Waals surface area (Å²) in [6, 6.07) is 0.261. The largest absolute Gasteiger partial charge is 0.348 e. The van der Waals surface area contributed by atoms with E-state index in [-0.39, 0.29) is 11.9 Å². The molecule has 1 aliphatic rings. The molecule has 15 heavy (non-hydrogen) atoms. The number of aromatic nitrogens is 2. The van der Waals surface area contributed by atoms with Gasteiger partial charge in [-0.15, -0.1) is 0 Å². The van der Waals surface area contributed by atoms with E-state index in [4.69, 9.17) is 0 Å². The molecule has 2 rings (SSSR count). The van der Waals surface area contributed by atoms with Crippen LogP contribution >= 0.6 is 0 Å². The van der Waals surface area contributed by atoms with Crippen LogP contribution in [0.25, 0.3) is 0 Å². The van der Waals surface area contributed by atoms with Crippen LogP contribution in [0, 0.1) is 6.92 Å². The minimum Gasteiger partial charge on any atom is -0.348 e. The second kappa shape index (κ2) is 4.02. The molecule has 1 aromatic rings. The van der Waals surface area contributed by atoms with E-state index in [1.54, 1.807) is 10.9 Å². The first-order valence-corrected chi connectivity index (χ1v) is 5.18. The van der Waals surface area contributed by atoms with Crippen LogP contribution in [0.3, 0.4) is 0 Å². The molecule has 1 aromatic heterocycles. The third kappa shape index (κ3) is 2.18. The van der Waals surface area contributed by atoms with E-state index < -0.39 is 0 Å². The van der Waals surface area contributed by atoms with E-state index in [1.165, 1.54) is 0 Å². The highest BCUT2D eigenvalue weighted by atomic mass is 16.1. The maximum Gasteiger partial charge on any atom is 0.255 e. The minimum atomic E-state index is -0.0192. The first-order chi connectivity index (χ1) is 7.16. The van der Waals surface area contributed by atoms with Crippen LogP contribution in [-0.2, 0) is 7.05 Å². The Kier molecular flexibility index (Phi) is 2.73. The third-order valence-electron chi connectivity index (χ3n) is 2.65. The first kappa shape index (κ1) is 10.2. The summed E-state index contributed by atoms with van der Waals surface area (Å²) >= 11 is 0. The van der Waals surface area contributed by atoms with Crippen LogP contribution in [0.5, 0.6) is 0 Å². The molecule has 0 bridgehead atoms. The van der Waals surface area contributed by atoms with Crippen LogP contribution in [0.4, 0.5) is 0 Å². The van der Waals surface area contributed by atoms with Gasteiger partial charge in [0.25, 0.3) is 5.91 Å². The lowest BCUT2D eigenvalue weighted by Gasteiger charge is -2.10. The Morgan fingerprint density at radius 1 is 1.73 bits per heavy atom. The molecule has 0 aromatic carbocycles. The van der Waals surface area contributed by atoms with Crippen LogP contribution in [0.15, 0.2) is 6.20 Å². The highest BCUT2D eigenvalue weighted by molar-refractivity contribution is 5.95. The SMILES string of the molecule is Cc1nn(C)cc1C(=O)N[C@H]1CCNC1. The standard InChI is InChI=1S/C10H16N4O/c1-7-9(6-14(2)13-7)10(15)12-8-3-4-11-5-8/h6,8,11H,3-5H2,1-2H3,(H,12,15)/t8-/m0/s1. The summed E-state index contributed by atoms with van der Waals surface area (Å²) in [5.41, 5.74) is 1.45. The van der Waals surface area contributed by atoms with Gasteiger partial charge in [-0.25, -0.2) is 0 Å². The van der Waals surface area contributed by atoms with Crippen molar-refractivity contribution in [3.05, 3.63) is 17.5 Å². The second-order valence-electron chi connectivity index (χ2n) is 3.97. The van der Waals surface area contributed by atoms with E-state index in [1.807, 2.05) is 14.0 Å². The molecule has 2 heterocycles. The van der Waals surface area contributed by atoms with E-state index in [0.29, 0.717) is 5.56 Å². The molecule has 0 spiro atoms. The molecule has 82 valence electrons. The smallest absolute Gasteiger partial charge is 0.255 e. The molecule has 1 amide bonds. The number of hydrogen-bond donors (Lipinski definition) is 2. The van der Waals surface area contributed by atoms with Gasteiger partial charge >= 0.3 is 0 Å². The molecule has 1 aliphatic heterocycles. The molecule has 5 nitrogen and oxygen atoms in total. The topological polar surface area (TPSA) is 59.0 Å². The predicted octanol–water partition coefficient (Wildman–Crippen LogP) is -0.180. The average Bonchev–Trinajstić information content (AvgIpc) is 2.75. The lowest BCUT2D eigenvalue weighted by molar-refractivity contribution is 0.0939. The maximum absolute atomic E-state index is 11.8. The number of amides is 1. The van der Waals surface area contributed by atoms with Crippen molar-refractivity contribution in [1.29, 1.82) is 0 Å². The van der Waals surface area contributed by atoms with Gasteiger partial charge in [0.05, 0.1) is 11.3 Å². The van der Waals surface area contributed by atoms with E-state index >= 15 is 0 Å². The molecule has 5 heteroatoms. The Labute approximate surface area is 88.8 Å². The summed E-state index contributed by atoms with van der Waals surface area (Å²) in [6.45, 7) is 3.70. The van der Waals surface area contributed by atoms with Crippen molar-refractivity contribution in [2.75, 3.05) is 13.1 Å². The molecule has 1 saturated heterocycles. The highest BCUT2D eigenvalue weighted by Crippen LogP contribution is 2.06. The van der Waals surface area contributed by atoms with Crippen molar-refractivity contribution in [2.24, 2.45) is 7.05 Å².